The molecule has 0 nitrogen and oxygen atoms in total. The molecule has 0 fully saturated rings. The Balaban J connectivity index is 3.35. The minimum absolute atomic E-state index is 0.106. The van der Waals surface area contributed by atoms with Crippen molar-refractivity contribution in [3.05, 3.63) is 29.8 Å². The summed E-state index contributed by atoms with van der Waals surface area (Å²) in [5.74, 6) is 0. The molecule has 0 aliphatic rings. The number of halogens is 6. The van der Waals surface area contributed by atoms with Crippen molar-refractivity contribution in [2.45, 2.75) is 10.2 Å². The second-order valence-corrected chi connectivity index (χ2v) is 5.72. The third-order valence-electron chi connectivity index (χ3n) is 1.50. The van der Waals surface area contributed by atoms with Crippen LogP contribution in [-0.2, 0) is 5.33 Å². The van der Waals surface area contributed by atoms with Crippen molar-refractivity contribution in [1.29, 1.82) is 0 Å². The normalized spacial score (nSPS) is 17.3. The first-order valence-electron chi connectivity index (χ1n) is 3.42. The van der Waals surface area contributed by atoms with Gasteiger partial charge in [0.05, 0.1) is 0 Å². The Bertz CT molecular complexity index is 357. The lowest BCUT2D eigenvalue weighted by Crippen LogP contribution is -2.06. The molecule has 1 rings (SSSR count). The molecule has 0 aliphatic heterocycles. The summed E-state index contributed by atoms with van der Waals surface area (Å²) in [5.41, 5.74) is 0.163. The van der Waals surface area contributed by atoms with E-state index in [2.05, 4.69) is 15.9 Å². The van der Waals surface area contributed by atoms with Crippen molar-refractivity contribution < 1.29 is 19.4 Å². The average molecular weight is 297 g/mol. The van der Waals surface area contributed by atoms with E-state index in [1.165, 1.54) is 6.07 Å². The van der Waals surface area contributed by atoms with Gasteiger partial charge in [0.1, 0.15) is 4.90 Å². The summed E-state index contributed by atoms with van der Waals surface area (Å²) in [4.78, 5) is -1.85. The van der Waals surface area contributed by atoms with Gasteiger partial charge in [0, 0.05) is 5.33 Å². The van der Waals surface area contributed by atoms with E-state index in [0.717, 1.165) is 6.07 Å². The van der Waals surface area contributed by atoms with Gasteiger partial charge in [0.2, 0.25) is 0 Å². The van der Waals surface area contributed by atoms with Crippen LogP contribution >= 0.6 is 26.2 Å². The van der Waals surface area contributed by atoms with Gasteiger partial charge in [-0.2, -0.15) is 0 Å². The summed E-state index contributed by atoms with van der Waals surface area (Å²) in [6.45, 7) is 0. The lowest BCUT2D eigenvalue weighted by molar-refractivity contribution is 0.364. The number of hydrogen-bond acceptors (Lipinski definition) is 0. The molecule has 7 heteroatoms. The van der Waals surface area contributed by atoms with E-state index in [1.54, 1.807) is 0 Å². The maximum atomic E-state index is 12.2. The standard InChI is InChI=1S/C7H6BrF5S/c8-5-6-2-1-3-7(4-6)14(9,10,11,12)13/h1-4H,5H2. The molecule has 0 unspecified atom stereocenters. The maximum Gasteiger partial charge on any atom is 0.310 e. The molecular formula is C7H6BrF5S. The molecule has 0 aromatic heterocycles. The SMILES string of the molecule is FS(F)(F)(F)(F)c1cccc(CBr)c1. The smallest absolute Gasteiger partial charge is 0.0936 e. The van der Waals surface area contributed by atoms with Crippen molar-refractivity contribution >= 4 is 26.2 Å². The van der Waals surface area contributed by atoms with E-state index in [0.29, 0.717) is 12.1 Å². The van der Waals surface area contributed by atoms with E-state index in [4.69, 9.17) is 0 Å². The highest BCUT2D eigenvalue weighted by atomic mass is 79.9. The Morgan fingerprint density at radius 1 is 1.07 bits per heavy atom. The molecule has 0 saturated carbocycles. The molecule has 0 spiro atoms. The first-order valence-corrected chi connectivity index (χ1v) is 6.49. The van der Waals surface area contributed by atoms with Crippen LogP contribution in [0.1, 0.15) is 5.56 Å². The van der Waals surface area contributed by atoms with Crippen molar-refractivity contribution in [1.82, 2.24) is 0 Å². The van der Waals surface area contributed by atoms with Gasteiger partial charge in [0.25, 0.3) is 0 Å². The molecule has 0 amide bonds. The van der Waals surface area contributed by atoms with E-state index in [-0.39, 0.29) is 10.9 Å². The lowest BCUT2D eigenvalue weighted by atomic mass is 10.2. The third-order valence-corrected chi connectivity index (χ3v) is 3.29. The molecule has 0 saturated heterocycles. The van der Waals surface area contributed by atoms with E-state index in [9.17, 15) is 19.4 Å². The van der Waals surface area contributed by atoms with Crippen molar-refractivity contribution in [2.75, 3.05) is 0 Å². The summed E-state index contributed by atoms with van der Waals surface area (Å²) in [5, 5.41) is 0.106. The van der Waals surface area contributed by atoms with Crippen LogP contribution in [0.15, 0.2) is 29.2 Å². The number of rotatable bonds is 2. The summed E-state index contributed by atoms with van der Waals surface area (Å²) in [7, 11) is -9.50. The van der Waals surface area contributed by atoms with Gasteiger partial charge in [0.15, 0.2) is 0 Å². The quantitative estimate of drug-likeness (QED) is 0.517. The second-order valence-electron chi connectivity index (χ2n) is 2.75. The van der Waals surface area contributed by atoms with Crippen LogP contribution in [0.5, 0.6) is 0 Å². The highest BCUT2D eigenvalue weighted by molar-refractivity contribution is 9.08. The summed E-state index contributed by atoms with van der Waals surface area (Å²) < 4.78 is 61.2. The third kappa shape index (κ3) is 2.84. The monoisotopic (exact) mass is 296 g/mol. The number of alkyl halides is 1. The zero-order chi connectivity index (χ0) is 11.1. The average Bonchev–Trinajstić information content (AvgIpc) is 2.01. The molecule has 0 radical (unpaired) electrons. The number of hydrogen-bond donors (Lipinski definition) is 0. The first-order chi connectivity index (χ1) is 6.03. The van der Waals surface area contributed by atoms with Gasteiger partial charge in [-0.15, -0.1) is 0 Å². The van der Waals surface area contributed by atoms with Crippen LogP contribution in [0.2, 0.25) is 0 Å². The van der Waals surface area contributed by atoms with Gasteiger partial charge >= 0.3 is 10.2 Å². The van der Waals surface area contributed by atoms with Crippen LogP contribution in [0.3, 0.4) is 0 Å². The summed E-state index contributed by atoms with van der Waals surface area (Å²) in [6, 6.07) is 3.13. The highest BCUT2D eigenvalue weighted by Crippen LogP contribution is 3.02. The lowest BCUT2D eigenvalue weighted by Gasteiger charge is -2.40. The van der Waals surface area contributed by atoms with Crippen molar-refractivity contribution in [3.63, 3.8) is 0 Å². The topological polar surface area (TPSA) is 0 Å². The van der Waals surface area contributed by atoms with Crippen molar-refractivity contribution in [3.8, 4) is 0 Å². The Labute approximate surface area is 86.0 Å². The fraction of sp³-hybridized carbons (Fsp3) is 0.143. The Morgan fingerprint density at radius 3 is 2.07 bits per heavy atom. The van der Waals surface area contributed by atoms with Crippen LogP contribution in [0.4, 0.5) is 19.4 Å². The van der Waals surface area contributed by atoms with Gasteiger partial charge < -0.3 is 0 Å². The molecule has 0 heterocycles. The Kier molecular flexibility index (Phi) is 2.21. The maximum absolute atomic E-state index is 12.2. The van der Waals surface area contributed by atoms with Gasteiger partial charge in [-0.1, -0.05) is 47.5 Å². The molecule has 1 aromatic carbocycles. The zero-order valence-corrected chi connectivity index (χ0v) is 9.10. The van der Waals surface area contributed by atoms with Crippen LogP contribution in [0, 0.1) is 0 Å². The molecule has 0 atom stereocenters. The highest BCUT2D eigenvalue weighted by Gasteiger charge is 2.65. The molecule has 14 heavy (non-hydrogen) atoms. The van der Waals surface area contributed by atoms with E-state index < -0.39 is 15.1 Å². The minimum Gasteiger partial charge on any atom is -0.0936 e. The predicted molar refractivity (Wildman–Crippen MR) is 50.5 cm³/mol. The largest absolute Gasteiger partial charge is 0.310 e. The molecule has 1 aromatic rings. The molecule has 0 aliphatic carbocycles. The van der Waals surface area contributed by atoms with Crippen molar-refractivity contribution in [2.24, 2.45) is 0 Å². The molecule has 0 bridgehead atoms. The zero-order valence-electron chi connectivity index (χ0n) is 6.69. The Hall–Kier alpha value is -0.300. The van der Waals surface area contributed by atoms with Gasteiger partial charge in [-0.3, -0.25) is 0 Å². The predicted octanol–water partition coefficient (Wildman–Crippen LogP) is 5.24. The summed E-state index contributed by atoms with van der Waals surface area (Å²) in [6.07, 6.45) is 0. The minimum atomic E-state index is -9.50. The van der Waals surface area contributed by atoms with Crippen LogP contribution in [0.25, 0.3) is 0 Å². The van der Waals surface area contributed by atoms with Gasteiger partial charge in [-0.25, -0.2) is 0 Å². The molecule has 82 valence electrons. The molecule has 0 N–H and O–H groups in total. The fourth-order valence-corrected chi connectivity index (χ4v) is 1.93. The number of benzene rings is 1. The molecular weight excluding hydrogens is 291 g/mol. The van der Waals surface area contributed by atoms with Crippen LogP contribution < -0.4 is 0 Å². The first kappa shape index (κ1) is 11.8. The van der Waals surface area contributed by atoms with Gasteiger partial charge in [-0.05, 0) is 17.7 Å². The second kappa shape index (κ2) is 2.63. The summed E-state index contributed by atoms with van der Waals surface area (Å²) >= 11 is 2.89. The fourth-order valence-electron chi connectivity index (χ4n) is 0.869. The van der Waals surface area contributed by atoms with E-state index in [1.807, 2.05) is 0 Å². The van der Waals surface area contributed by atoms with Crippen LogP contribution in [-0.4, -0.2) is 0 Å². The van der Waals surface area contributed by atoms with E-state index >= 15 is 0 Å². The Morgan fingerprint density at radius 2 is 1.64 bits per heavy atom.